The molecule has 0 aliphatic rings. The summed E-state index contributed by atoms with van der Waals surface area (Å²) in [7, 11) is 3.50. The molecule has 0 bridgehead atoms. The molecule has 1 aromatic carbocycles. The lowest BCUT2D eigenvalue weighted by molar-refractivity contribution is -0.384. The number of nitro benzene ring substituents is 1. The van der Waals surface area contributed by atoms with Gasteiger partial charge in [-0.2, -0.15) is 0 Å². The van der Waals surface area contributed by atoms with Gasteiger partial charge in [0.2, 0.25) is 0 Å². The van der Waals surface area contributed by atoms with E-state index in [4.69, 9.17) is 16.0 Å². The zero-order valence-electron chi connectivity index (χ0n) is 10.8. The highest BCUT2D eigenvalue weighted by atomic mass is 35.5. The minimum absolute atomic E-state index is 0.000613. The molecule has 20 heavy (non-hydrogen) atoms. The highest BCUT2D eigenvalue weighted by Gasteiger charge is 2.13. The van der Waals surface area contributed by atoms with E-state index in [1.54, 1.807) is 25.1 Å². The van der Waals surface area contributed by atoms with E-state index in [0.29, 0.717) is 17.0 Å². The molecule has 6 nitrogen and oxygen atoms in total. The van der Waals surface area contributed by atoms with Gasteiger partial charge in [-0.3, -0.25) is 10.1 Å². The number of hydrogen-bond acceptors (Lipinski definition) is 5. The number of nitro groups is 1. The Balaban J connectivity index is 2.53. The smallest absolute Gasteiger partial charge is 0.357 e. The summed E-state index contributed by atoms with van der Waals surface area (Å²) in [6.45, 7) is 0. The fourth-order valence-corrected chi connectivity index (χ4v) is 1.94. The van der Waals surface area contributed by atoms with Gasteiger partial charge >= 0.3 is 5.63 Å². The molecular weight excluding hydrogens is 284 g/mol. The maximum atomic E-state index is 11.7. The van der Waals surface area contributed by atoms with Gasteiger partial charge in [-0.1, -0.05) is 11.6 Å². The highest BCUT2D eigenvalue weighted by molar-refractivity contribution is 6.33. The first-order valence-electron chi connectivity index (χ1n) is 5.66. The van der Waals surface area contributed by atoms with Gasteiger partial charge in [0.1, 0.15) is 10.8 Å². The average molecular weight is 295 g/mol. The Labute approximate surface area is 119 Å². The van der Waals surface area contributed by atoms with Crippen LogP contribution < -0.4 is 10.5 Å². The second-order valence-corrected chi connectivity index (χ2v) is 4.67. The van der Waals surface area contributed by atoms with Crippen LogP contribution in [0.1, 0.15) is 0 Å². The maximum absolute atomic E-state index is 11.7. The lowest BCUT2D eigenvalue weighted by atomic mass is 10.1. The van der Waals surface area contributed by atoms with Gasteiger partial charge in [-0.15, -0.1) is 0 Å². The maximum Gasteiger partial charge on any atom is 0.357 e. The zero-order valence-corrected chi connectivity index (χ0v) is 11.5. The van der Waals surface area contributed by atoms with E-state index >= 15 is 0 Å². The first-order valence-corrected chi connectivity index (χ1v) is 6.03. The summed E-state index contributed by atoms with van der Waals surface area (Å²) in [5.41, 5.74) is 0.410. The molecule has 0 spiro atoms. The van der Waals surface area contributed by atoms with E-state index in [2.05, 4.69) is 0 Å². The Morgan fingerprint density at radius 1 is 1.25 bits per heavy atom. The molecule has 0 atom stereocenters. The molecule has 1 aromatic heterocycles. The normalized spacial score (nSPS) is 10.3. The van der Waals surface area contributed by atoms with Gasteiger partial charge < -0.3 is 9.32 Å². The van der Waals surface area contributed by atoms with Crippen molar-refractivity contribution in [3.8, 4) is 11.3 Å². The van der Waals surface area contributed by atoms with Gasteiger partial charge in [0.25, 0.3) is 5.69 Å². The van der Waals surface area contributed by atoms with Crippen LogP contribution in [0.15, 0.2) is 39.5 Å². The van der Waals surface area contributed by atoms with Crippen LogP contribution in [0.2, 0.25) is 5.02 Å². The van der Waals surface area contributed by atoms with Crippen LogP contribution in [0.3, 0.4) is 0 Å². The standard InChI is InChI=1S/C13H11ClN2O4/c1-15(2)10-7-11(20-13(17)12(10)14)8-3-5-9(6-4-8)16(18)19/h3-7H,1-2H3. The van der Waals surface area contributed by atoms with Gasteiger partial charge in [0, 0.05) is 37.9 Å². The summed E-state index contributed by atoms with van der Waals surface area (Å²) in [6.07, 6.45) is 0. The van der Waals surface area contributed by atoms with E-state index in [9.17, 15) is 14.9 Å². The molecule has 1 heterocycles. The predicted molar refractivity (Wildman–Crippen MR) is 76.4 cm³/mol. The van der Waals surface area contributed by atoms with E-state index in [1.807, 2.05) is 0 Å². The van der Waals surface area contributed by atoms with Crippen LogP contribution in [0.5, 0.6) is 0 Å². The minimum Gasteiger partial charge on any atom is -0.422 e. The first-order chi connectivity index (χ1) is 9.40. The molecule has 0 fully saturated rings. The number of halogens is 1. The lowest BCUT2D eigenvalue weighted by Crippen LogP contribution is -2.13. The van der Waals surface area contributed by atoms with Gasteiger partial charge in [-0.25, -0.2) is 4.79 Å². The number of hydrogen-bond donors (Lipinski definition) is 0. The van der Waals surface area contributed by atoms with Gasteiger partial charge in [0.05, 0.1) is 10.6 Å². The van der Waals surface area contributed by atoms with Crippen molar-refractivity contribution >= 4 is 23.0 Å². The van der Waals surface area contributed by atoms with Crippen LogP contribution >= 0.6 is 11.6 Å². The van der Waals surface area contributed by atoms with Crippen LogP contribution in [0.25, 0.3) is 11.3 Å². The van der Waals surface area contributed by atoms with Crippen LogP contribution in [0.4, 0.5) is 11.4 Å². The third-order valence-corrected chi connectivity index (χ3v) is 3.07. The predicted octanol–water partition coefficient (Wildman–Crippen LogP) is 2.93. The van der Waals surface area contributed by atoms with Crippen molar-refractivity contribution in [2.45, 2.75) is 0 Å². The topological polar surface area (TPSA) is 76.6 Å². The van der Waals surface area contributed by atoms with Crippen molar-refractivity contribution in [2.75, 3.05) is 19.0 Å². The van der Waals surface area contributed by atoms with Crippen LogP contribution in [-0.2, 0) is 0 Å². The summed E-state index contributed by atoms with van der Waals surface area (Å²) >= 11 is 5.88. The summed E-state index contributed by atoms with van der Waals surface area (Å²) in [5, 5.41) is 10.6. The summed E-state index contributed by atoms with van der Waals surface area (Å²) in [6, 6.07) is 7.34. The molecule has 0 aliphatic carbocycles. The Morgan fingerprint density at radius 3 is 2.35 bits per heavy atom. The number of nitrogens with zero attached hydrogens (tertiary/aromatic N) is 2. The molecular formula is C13H11ClN2O4. The average Bonchev–Trinajstić information content (AvgIpc) is 2.41. The molecule has 0 unspecified atom stereocenters. The van der Waals surface area contributed by atoms with Crippen molar-refractivity contribution in [1.29, 1.82) is 0 Å². The summed E-state index contributed by atoms with van der Waals surface area (Å²) in [4.78, 5) is 23.5. The molecule has 0 N–H and O–H groups in total. The van der Waals surface area contributed by atoms with E-state index in [-0.39, 0.29) is 10.7 Å². The SMILES string of the molecule is CN(C)c1cc(-c2ccc([N+](=O)[O-])cc2)oc(=O)c1Cl. The van der Waals surface area contributed by atoms with Crippen molar-refractivity contribution in [2.24, 2.45) is 0 Å². The second kappa shape index (κ2) is 5.34. The van der Waals surface area contributed by atoms with Crippen LogP contribution in [-0.4, -0.2) is 19.0 Å². The monoisotopic (exact) mass is 294 g/mol. The second-order valence-electron chi connectivity index (χ2n) is 4.30. The summed E-state index contributed by atoms with van der Waals surface area (Å²) < 4.78 is 5.10. The van der Waals surface area contributed by atoms with Crippen molar-refractivity contribution < 1.29 is 9.34 Å². The Kier molecular flexibility index (Phi) is 3.76. The molecule has 0 saturated carbocycles. The van der Waals surface area contributed by atoms with Crippen LogP contribution in [0, 0.1) is 10.1 Å². The Morgan fingerprint density at radius 2 is 1.85 bits per heavy atom. The largest absolute Gasteiger partial charge is 0.422 e. The fraction of sp³-hybridized carbons (Fsp3) is 0.154. The number of non-ortho nitro benzene ring substituents is 1. The first kappa shape index (κ1) is 14.1. The third-order valence-electron chi connectivity index (χ3n) is 2.72. The van der Waals surface area contributed by atoms with Gasteiger partial charge in [-0.05, 0) is 12.1 Å². The van der Waals surface area contributed by atoms with Crippen molar-refractivity contribution in [3.05, 3.63) is 55.9 Å². The Hall–Kier alpha value is -2.34. The van der Waals surface area contributed by atoms with Crippen molar-refractivity contribution in [3.63, 3.8) is 0 Å². The molecule has 104 valence electrons. The molecule has 0 amide bonds. The van der Waals surface area contributed by atoms with E-state index in [0.717, 1.165) is 0 Å². The molecule has 2 rings (SSSR count). The molecule has 0 aliphatic heterocycles. The fourth-order valence-electron chi connectivity index (χ4n) is 1.68. The van der Waals surface area contributed by atoms with E-state index < -0.39 is 10.5 Å². The highest BCUT2D eigenvalue weighted by Crippen LogP contribution is 2.28. The van der Waals surface area contributed by atoms with Gasteiger partial charge in [0.15, 0.2) is 0 Å². The molecule has 2 aromatic rings. The quantitative estimate of drug-likeness (QED) is 0.642. The number of benzene rings is 1. The minimum atomic E-state index is -0.647. The zero-order chi connectivity index (χ0) is 14.9. The molecule has 7 heteroatoms. The molecule has 0 saturated heterocycles. The lowest BCUT2D eigenvalue weighted by Gasteiger charge is -2.14. The number of anilines is 1. The Bertz CT molecular complexity index is 707. The number of rotatable bonds is 3. The summed E-state index contributed by atoms with van der Waals surface area (Å²) in [5.74, 6) is 0.304. The third kappa shape index (κ3) is 2.65. The van der Waals surface area contributed by atoms with Crippen molar-refractivity contribution in [1.82, 2.24) is 0 Å². The molecule has 0 radical (unpaired) electrons. The van der Waals surface area contributed by atoms with E-state index in [1.165, 1.54) is 24.3 Å².